The van der Waals surface area contributed by atoms with Crippen LogP contribution in [0.1, 0.15) is 25.8 Å². The number of benzene rings is 1. The molecule has 0 aromatic heterocycles. The zero-order chi connectivity index (χ0) is 14.1. The lowest BCUT2D eigenvalue weighted by Crippen LogP contribution is -2.10. The van der Waals surface area contributed by atoms with Crippen LogP contribution >= 0.6 is 0 Å². The second-order valence-electron chi connectivity index (χ2n) is 4.05. The van der Waals surface area contributed by atoms with Crippen molar-refractivity contribution in [3.8, 4) is 5.75 Å². The van der Waals surface area contributed by atoms with Gasteiger partial charge in [-0.15, -0.1) is 0 Å². The Hall–Kier alpha value is -1.97. The smallest absolute Gasteiger partial charge is 0.337 e. The van der Waals surface area contributed by atoms with Crippen molar-refractivity contribution in [2.24, 2.45) is 0 Å². The molecule has 0 fully saturated rings. The predicted molar refractivity (Wildman–Crippen MR) is 73.3 cm³/mol. The standard InChI is InChI=1S/C15H20O4/c1-3-8-19-14-7-5-6-12(10-14)9-13(11-16)15(17)18-4-2/h5-7,10-11,16H,3-4,8-9H2,1-2H3/b13-11+. The number of rotatable bonds is 7. The summed E-state index contributed by atoms with van der Waals surface area (Å²) in [5.41, 5.74) is 1.12. The summed E-state index contributed by atoms with van der Waals surface area (Å²) in [6, 6.07) is 7.46. The van der Waals surface area contributed by atoms with E-state index in [-0.39, 0.29) is 12.2 Å². The van der Waals surface area contributed by atoms with Crippen LogP contribution in [-0.2, 0) is 16.0 Å². The van der Waals surface area contributed by atoms with Crippen molar-refractivity contribution in [3.05, 3.63) is 41.7 Å². The minimum atomic E-state index is -0.495. The van der Waals surface area contributed by atoms with E-state index in [1.165, 1.54) is 0 Å². The van der Waals surface area contributed by atoms with Gasteiger partial charge in [0.05, 0.1) is 25.0 Å². The maximum Gasteiger partial charge on any atom is 0.337 e. The van der Waals surface area contributed by atoms with Gasteiger partial charge in [-0.3, -0.25) is 0 Å². The van der Waals surface area contributed by atoms with Gasteiger partial charge in [0, 0.05) is 6.42 Å². The van der Waals surface area contributed by atoms with Crippen LogP contribution in [0.5, 0.6) is 5.75 Å². The number of carbonyl (C=O) groups excluding carboxylic acids is 1. The first-order valence-corrected chi connectivity index (χ1v) is 6.43. The van der Waals surface area contributed by atoms with E-state index in [1.54, 1.807) is 6.92 Å². The third-order valence-corrected chi connectivity index (χ3v) is 2.46. The molecule has 0 saturated carbocycles. The molecule has 0 aliphatic heterocycles. The molecule has 0 unspecified atom stereocenters. The summed E-state index contributed by atoms with van der Waals surface area (Å²) in [6.45, 7) is 4.71. The van der Waals surface area contributed by atoms with Gasteiger partial charge in [0.25, 0.3) is 0 Å². The monoisotopic (exact) mass is 264 g/mol. The predicted octanol–water partition coefficient (Wildman–Crippen LogP) is 3.02. The van der Waals surface area contributed by atoms with Crippen molar-refractivity contribution in [3.63, 3.8) is 0 Å². The number of hydrogen-bond donors (Lipinski definition) is 1. The number of aliphatic hydroxyl groups excluding tert-OH is 1. The van der Waals surface area contributed by atoms with Crippen molar-refractivity contribution in [1.82, 2.24) is 0 Å². The molecule has 1 aromatic rings. The quantitative estimate of drug-likeness (QED) is 0.467. The highest BCUT2D eigenvalue weighted by molar-refractivity contribution is 5.88. The van der Waals surface area contributed by atoms with E-state index in [4.69, 9.17) is 14.6 Å². The Morgan fingerprint density at radius 3 is 2.79 bits per heavy atom. The Kier molecular flexibility index (Phi) is 6.50. The van der Waals surface area contributed by atoms with Crippen LogP contribution in [0.15, 0.2) is 36.1 Å². The van der Waals surface area contributed by atoms with E-state index < -0.39 is 5.97 Å². The van der Waals surface area contributed by atoms with Crippen molar-refractivity contribution in [1.29, 1.82) is 0 Å². The van der Waals surface area contributed by atoms with Crippen LogP contribution in [0.2, 0.25) is 0 Å². The highest BCUT2D eigenvalue weighted by atomic mass is 16.5. The first kappa shape index (κ1) is 15.1. The van der Waals surface area contributed by atoms with Crippen LogP contribution in [0.4, 0.5) is 0 Å². The van der Waals surface area contributed by atoms with Crippen LogP contribution in [-0.4, -0.2) is 24.3 Å². The molecule has 104 valence electrons. The summed E-state index contributed by atoms with van der Waals surface area (Å²) in [4.78, 5) is 11.6. The highest BCUT2D eigenvalue weighted by Crippen LogP contribution is 2.17. The van der Waals surface area contributed by atoms with E-state index in [0.29, 0.717) is 13.0 Å². The fourth-order valence-electron chi connectivity index (χ4n) is 1.58. The first-order chi connectivity index (χ1) is 9.21. The molecular weight excluding hydrogens is 244 g/mol. The molecular formula is C15H20O4. The Morgan fingerprint density at radius 1 is 1.37 bits per heavy atom. The molecule has 0 saturated heterocycles. The molecule has 0 radical (unpaired) electrons. The fourth-order valence-corrected chi connectivity index (χ4v) is 1.58. The number of hydrogen-bond acceptors (Lipinski definition) is 4. The Morgan fingerprint density at radius 2 is 2.16 bits per heavy atom. The Labute approximate surface area is 113 Å². The third kappa shape index (κ3) is 5.04. The molecule has 1 rings (SSSR count). The van der Waals surface area contributed by atoms with E-state index in [9.17, 15) is 4.79 Å². The summed E-state index contributed by atoms with van der Waals surface area (Å²) in [5, 5.41) is 9.10. The second kappa shape index (κ2) is 8.19. The third-order valence-electron chi connectivity index (χ3n) is 2.46. The van der Waals surface area contributed by atoms with Gasteiger partial charge in [0.15, 0.2) is 0 Å². The molecule has 1 aromatic carbocycles. The van der Waals surface area contributed by atoms with Gasteiger partial charge in [0.2, 0.25) is 0 Å². The van der Waals surface area contributed by atoms with Gasteiger partial charge in [-0.1, -0.05) is 19.1 Å². The fraction of sp³-hybridized carbons (Fsp3) is 0.400. The lowest BCUT2D eigenvalue weighted by atomic mass is 10.1. The van der Waals surface area contributed by atoms with Gasteiger partial charge >= 0.3 is 5.97 Å². The van der Waals surface area contributed by atoms with Crippen LogP contribution in [0, 0.1) is 0 Å². The van der Waals surface area contributed by atoms with Crippen molar-refractivity contribution >= 4 is 5.97 Å². The molecule has 1 N–H and O–H groups in total. The summed E-state index contributed by atoms with van der Waals surface area (Å²) in [5.74, 6) is 0.269. The average molecular weight is 264 g/mol. The molecule has 4 heteroatoms. The minimum Gasteiger partial charge on any atom is -0.515 e. The van der Waals surface area contributed by atoms with Gasteiger partial charge in [-0.05, 0) is 31.0 Å². The second-order valence-corrected chi connectivity index (χ2v) is 4.05. The lowest BCUT2D eigenvalue weighted by molar-refractivity contribution is -0.138. The van der Waals surface area contributed by atoms with Crippen LogP contribution in [0.25, 0.3) is 0 Å². The van der Waals surface area contributed by atoms with Crippen molar-refractivity contribution < 1.29 is 19.4 Å². The SMILES string of the molecule is CCCOc1cccc(C/C(=C\O)C(=O)OCC)c1. The maximum absolute atomic E-state index is 11.6. The molecule has 0 aliphatic rings. The van der Waals surface area contributed by atoms with Gasteiger partial charge < -0.3 is 14.6 Å². The largest absolute Gasteiger partial charge is 0.515 e. The molecule has 19 heavy (non-hydrogen) atoms. The van der Waals surface area contributed by atoms with Gasteiger partial charge in [0.1, 0.15) is 5.75 Å². The highest BCUT2D eigenvalue weighted by Gasteiger charge is 2.12. The molecule has 0 heterocycles. The maximum atomic E-state index is 11.6. The summed E-state index contributed by atoms with van der Waals surface area (Å²) in [6.07, 6.45) is 2.06. The molecule has 0 atom stereocenters. The summed E-state index contributed by atoms with van der Waals surface area (Å²) >= 11 is 0. The molecule has 0 aliphatic carbocycles. The van der Waals surface area contributed by atoms with Crippen molar-refractivity contribution in [2.45, 2.75) is 26.7 Å². The molecule has 4 nitrogen and oxygen atoms in total. The number of esters is 1. The summed E-state index contributed by atoms with van der Waals surface area (Å²) in [7, 11) is 0. The van der Waals surface area contributed by atoms with Crippen LogP contribution < -0.4 is 4.74 Å². The lowest BCUT2D eigenvalue weighted by Gasteiger charge is -2.08. The zero-order valence-electron chi connectivity index (χ0n) is 11.4. The summed E-state index contributed by atoms with van der Waals surface area (Å²) < 4.78 is 10.4. The topological polar surface area (TPSA) is 55.8 Å². The number of carbonyl (C=O) groups is 1. The van der Waals surface area contributed by atoms with E-state index in [1.807, 2.05) is 31.2 Å². The molecule has 0 amide bonds. The molecule has 0 spiro atoms. The van der Waals surface area contributed by atoms with E-state index >= 15 is 0 Å². The van der Waals surface area contributed by atoms with E-state index in [0.717, 1.165) is 24.0 Å². The van der Waals surface area contributed by atoms with Gasteiger partial charge in [-0.25, -0.2) is 4.79 Å². The number of aliphatic hydroxyl groups is 1. The normalized spacial score (nSPS) is 11.2. The number of ether oxygens (including phenoxy) is 2. The van der Waals surface area contributed by atoms with Crippen molar-refractivity contribution in [2.75, 3.05) is 13.2 Å². The van der Waals surface area contributed by atoms with Gasteiger partial charge in [-0.2, -0.15) is 0 Å². The van der Waals surface area contributed by atoms with E-state index in [2.05, 4.69) is 0 Å². The zero-order valence-corrected chi connectivity index (χ0v) is 11.4. The Balaban J connectivity index is 2.72. The molecule has 0 bridgehead atoms. The first-order valence-electron chi connectivity index (χ1n) is 6.43. The average Bonchev–Trinajstić information content (AvgIpc) is 2.43. The Bertz CT molecular complexity index is 438. The minimum absolute atomic E-state index is 0.231. The van der Waals surface area contributed by atoms with Crippen LogP contribution in [0.3, 0.4) is 0 Å².